The molecular weight excluding hydrogens is 262 g/mol. The van der Waals surface area contributed by atoms with E-state index in [1.54, 1.807) is 9.80 Å². The van der Waals surface area contributed by atoms with Crippen LogP contribution in [-0.2, 0) is 14.3 Å². The van der Waals surface area contributed by atoms with Crippen LogP contribution in [0.4, 0.5) is 4.79 Å². The van der Waals surface area contributed by atoms with E-state index in [4.69, 9.17) is 4.74 Å². The number of methoxy groups -OCH3 is 1. The maximum atomic E-state index is 12.0. The lowest BCUT2D eigenvalue weighted by atomic mass is 10.1. The van der Waals surface area contributed by atoms with Crippen LogP contribution in [0.15, 0.2) is 0 Å². The first kappa shape index (κ1) is 15.1. The van der Waals surface area contributed by atoms with Crippen molar-refractivity contribution in [2.24, 2.45) is 0 Å². The minimum absolute atomic E-state index is 0.00745. The van der Waals surface area contributed by atoms with Crippen molar-refractivity contribution in [3.8, 4) is 0 Å². The smallest absolute Gasteiger partial charge is 0.409 e. The maximum absolute atomic E-state index is 12.0. The molecule has 20 heavy (non-hydrogen) atoms. The summed E-state index contributed by atoms with van der Waals surface area (Å²) in [4.78, 5) is 26.7. The monoisotopic (exact) mass is 285 g/mol. The standard InChI is InChI=1S/C13H23N3O4/c1-19-13(18)16-8-6-15(7-9-16)12(17)10-20-11-2-4-14-5-3-11/h11,14H,2-10H2,1H3. The molecule has 2 rings (SSSR count). The maximum Gasteiger partial charge on any atom is 0.409 e. The SMILES string of the molecule is COC(=O)N1CCN(C(=O)COC2CCNCC2)CC1. The van der Waals surface area contributed by atoms with Crippen LogP contribution in [-0.4, -0.2) is 80.9 Å². The lowest BCUT2D eigenvalue weighted by Gasteiger charge is -2.34. The van der Waals surface area contributed by atoms with Crippen molar-refractivity contribution >= 4 is 12.0 Å². The molecule has 2 aliphatic heterocycles. The third-order valence-corrected chi connectivity index (χ3v) is 3.79. The van der Waals surface area contributed by atoms with Crippen LogP contribution in [0.25, 0.3) is 0 Å². The molecule has 114 valence electrons. The number of carbonyl (C=O) groups is 2. The van der Waals surface area contributed by atoms with Gasteiger partial charge in [-0.1, -0.05) is 0 Å². The predicted molar refractivity (Wildman–Crippen MR) is 72.4 cm³/mol. The molecule has 0 aromatic rings. The third-order valence-electron chi connectivity index (χ3n) is 3.79. The van der Waals surface area contributed by atoms with E-state index in [0.29, 0.717) is 26.2 Å². The summed E-state index contributed by atoms with van der Waals surface area (Å²) in [6, 6.07) is 0. The number of rotatable bonds is 3. The molecule has 0 aromatic heterocycles. The van der Waals surface area contributed by atoms with E-state index >= 15 is 0 Å². The van der Waals surface area contributed by atoms with Crippen LogP contribution < -0.4 is 5.32 Å². The molecule has 7 heteroatoms. The van der Waals surface area contributed by atoms with Crippen LogP contribution >= 0.6 is 0 Å². The van der Waals surface area contributed by atoms with Crippen LogP contribution in [0.1, 0.15) is 12.8 Å². The Morgan fingerprint density at radius 2 is 1.70 bits per heavy atom. The summed E-state index contributed by atoms with van der Waals surface area (Å²) >= 11 is 0. The summed E-state index contributed by atoms with van der Waals surface area (Å²) in [7, 11) is 1.37. The zero-order valence-corrected chi connectivity index (χ0v) is 12.0. The first-order valence-corrected chi connectivity index (χ1v) is 7.13. The Morgan fingerprint density at radius 3 is 2.30 bits per heavy atom. The van der Waals surface area contributed by atoms with Gasteiger partial charge in [0, 0.05) is 26.2 Å². The first-order chi connectivity index (χ1) is 9.70. The molecule has 1 N–H and O–H groups in total. The Labute approximate surface area is 119 Å². The fourth-order valence-electron chi connectivity index (χ4n) is 2.51. The number of hydrogen-bond acceptors (Lipinski definition) is 5. The number of carbonyl (C=O) groups excluding carboxylic acids is 2. The van der Waals surface area contributed by atoms with E-state index < -0.39 is 0 Å². The highest BCUT2D eigenvalue weighted by Gasteiger charge is 2.25. The molecule has 2 heterocycles. The molecule has 0 saturated carbocycles. The van der Waals surface area contributed by atoms with Crippen molar-refractivity contribution in [2.75, 3.05) is 53.0 Å². The van der Waals surface area contributed by atoms with Gasteiger partial charge >= 0.3 is 6.09 Å². The second-order valence-corrected chi connectivity index (χ2v) is 5.10. The molecule has 2 aliphatic rings. The van der Waals surface area contributed by atoms with Gasteiger partial charge in [0.1, 0.15) is 6.61 Å². The second kappa shape index (κ2) is 7.44. The first-order valence-electron chi connectivity index (χ1n) is 7.13. The molecule has 2 fully saturated rings. The Balaban J connectivity index is 1.67. The number of hydrogen-bond donors (Lipinski definition) is 1. The van der Waals surface area contributed by atoms with E-state index in [1.807, 2.05) is 0 Å². The van der Waals surface area contributed by atoms with Crippen molar-refractivity contribution in [3.63, 3.8) is 0 Å². The lowest BCUT2D eigenvalue weighted by Crippen LogP contribution is -2.51. The molecule has 0 aliphatic carbocycles. The number of nitrogens with one attached hydrogen (secondary N) is 1. The van der Waals surface area contributed by atoms with Gasteiger partial charge in [-0.15, -0.1) is 0 Å². The zero-order chi connectivity index (χ0) is 14.4. The number of nitrogens with zero attached hydrogens (tertiary/aromatic N) is 2. The Morgan fingerprint density at radius 1 is 1.10 bits per heavy atom. The molecule has 0 aromatic carbocycles. The summed E-state index contributed by atoms with van der Waals surface area (Å²) in [5.41, 5.74) is 0. The van der Waals surface area contributed by atoms with Gasteiger partial charge in [0.2, 0.25) is 5.91 Å². The summed E-state index contributed by atoms with van der Waals surface area (Å²) in [5.74, 6) is 0.00745. The Kier molecular flexibility index (Phi) is 5.60. The number of ether oxygens (including phenoxy) is 2. The van der Waals surface area contributed by atoms with Crippen LogP contribution in [0.3, 0.4) is 0 Å². The topological polar surface area (TPSA) is 71.1 Å². The average Bonchev–Trinajstić information content (AvgIpc) is 2.53. The molecule has 0 unspecified atom stereocenters. The molecule has 2 saturated heterocycles. The summed E-state index contributed by atoms with van der Waals surface area (Å²) in [6.45, 7) is 4.18. The molecular formula is C13H23N3O4. The van der Waals surface area contributed by atoms with E-state index in [9.17, 15) is 9.59 Å². The summed E-state index contributed by atoms with van der Waals surface area (Å²) in [5, 5.41) is 3.26. The summed E-state index contributed by atoms with van der Waals surface area (Å²) < 4.78 is 10.3. The molecule has 0 spiro atoms. The van der Waals surface area contributed by atoms with E-state index in [0.717, 1.165) is 25.9 Å². The third kappa shape index (κ3) is 4.08. The fourth-order valence-corrected chi connectivity index (χ4v) is 2.51. The zero-order valence-electron chi connectivity index (χ0n) is 12.0. The number of piperazine rings is 1. The molecule has 2 amide bonds. The predicted octanol–water partition coefficient (Wildman–Crippen LogP) is -0.334. The minimum atomic E-state index is -0.331. The fraction of sp³-hybridized carbons (Fsp3) is 0.846. The second-order valence-electron chi connectivity index (χ2n) is 5.10. The highest BCUT2D eigenvalue weighted by atomic mass is 16.5. The van der Waals surface area contributed by atoms with Crippen molar-refractivity contribution in [1.29, 1.82) is 0 Å². The highest BCUT2D eigenvalue weighted by molar-refractivity contribution is 5.78. The van der Waals surface area contributed by atoms with Crippen LogP contribution in [0.2, 0.25) is 0 Å². The van der Waals surface area contributed by atoms with Crippen molar-refractivity contribution < 1.29 is 19.1 Å². The van der Waals surface area contributed by atoms with Gasteiger partial charge in [-0.2, -0.15) is 0 Å². The van der Waals surface area contributed by atoms with Gasteiger partial charge in [0.25, 0.3) is 0 Å². The van der Waals surface area contributed by atoms with Crippen molar-refractivity contribution in [2.45, 2.75) is 18.9 Å². The average molecular weight is 285 g/mol. The number of piperidine rings is 1. The van der Waals surface area contributed by atoms with Gasteiger partial charge in [0.05, 0.1) is 13.2 Å². The molecule has 0 atom stereocenters. The van der Waals surface area contributed by atoms with Gasteiger partial charge in [-0.25, -0.2) is 4.79 Å². The van der Waals surface area contributed by atoms with Gasteiger partial charge < -0.3 is 24.6 Å². The Bertz CT molecular complexity index is 337. The van der Waals surface area contributed by atoms with Gasteiger partial charge in [0.15, 0.2) is 0 Å². The van der Waals surface area contributed by atoms with E-state index in [-0.39, 0.29) is 24.7 Å². The van der Waals surface area contributed by atoms with Gasteiger partial charge in [-0.05, 0) is 25.9 Å². The normalized spacial score (nSPS) is 20.9. The van der Waals surface area contributed by atoms with E-state index in [1.165, 1.54) is 7.11 Å². The minimum Gasteiger partial charge on any atom is -0.453 e. The molecule has 7 nitrogen and oxygen atoms in total. The van der Waals surface area contributed by atoms with Crippen LogP contribution in [0, 0.1) is 0 Å². The quantitative estimate of drug-likeness (QED) is 0.768. The number of amides is 2. The molecule has 0 bridgehead atoms. The van der Waals surface area contributed by atoms with Crippen LogP contribution in [0.5, 0.6) is 0 Å². The lowest BCUT2D eigenvalue weighted by molar-refractivity contribution is -0.140. The van der Waals surface area contributed by atoms with Crippen molar-refractivity contribution in [1.82, 2.24) is 15.1 Å². The molecule has 0 radical (unpaired) electrons. The van der Waals surface area contributed by atoms with Gasteiger partial charge in [-0.3, -0.25) is 4.79 Å². The van der Waals surface area contributed by atoms with Crippen molar-refractivity contribution in [3.05, 3.63) is 0 Å². The highest BCUT2D eigenvalue weighted by Crippen LogP contribution is 2.09. The summed E-state index contributed by atoms with van der Waals surface area (Å²) in [6.07, 6.45) is 1.78. The Hall–Kier alpha value is -1.34. The largest absolute Gasteiger partial charge is 0.453 e. The van der Waals surface area contributed by atoms with E-state index in [2.05, 4.69) is 10.1 Å².